The van der Waals surface area contributed by atoms with Gasteiger partial charge in [-0.1, -0.05) is 77.8 Å². The largest absolute Gasteiger partial charge is 0.423 e. The summed E-state index contributed by atoms with van der Waals surface area (Å²) in [6, 6.07) is 6.87. The third-order valence-corrected chi connectivity index (χ3v) is 4.93. The molecule has 0 N–H and O–H groups in total. The number of unbranched alkanes of at least 4 members (excludes halogenated alkanes) is 4. The zero-order valence-corrected chi connectivity index (χ0v) is 17.3. The van der Waals surface area contributed by atoms with Gasteiger partial charge < -0.3 is 9.47 Å². The number of esters is 2. The van der Waals surface area contributed by atoms with E-state index in [2.05, 4.69) is 20.8 Å². The normalized spacial score (nSPS) is 10.8. The SMILES string of the molecule is CCCCCC(=O)Oc1ccccc1OC(=O)CCCCCC(CC)CC. The first kappa shape index (κ1) is 23.2. The molecule has 4 heteroatoms. The van der Waals surface area contributed by atoms with Gasteiger partial charge in [0.25, 0.3) is 0 Å². The Morgan fingerprint density at radius 3 is 1.78 bits per heavy atom. The minimum Gasteiger partial charge on any atom is -0.423 e. The van der Waals surface area contributed by atoms with Gasteiger partial charge in [-0.3, -0.25) is 9.59 Å². The predicted octanol–water partition coefficient (Wildman–Crippen LogP) is 6.46. The van der Waals surface area contributed by atoms with Crippen LogP contribution in [0.25, 0.3) is 0 Å². The molecule has 152 valence electrons. The van der Waals surface area contributed by atoms with Crippen molar-refractivity contribution in [2.45, 2.75) is 91.4 Å². The number of carbonyl (C=O) groups is 2. The summed E-state index contributed by atoms with van der Waals surface area (Å²) in [5.74, 6) is 0.890. The van der Waals surface area contributed by atoms with Gasteiger partial charge in [0, 0.05) is 12.8 Å². The van der Waals surface area contributed by atoms with Gasteiger partial charge in [-0.15, -0.1) is 0 Å². The number of benzene rings is 1. The Bertz CT molecular complexity index is 549. The molecule has 0 saturated carbocycles. The molecular weight excluding hydrogens is 340 g/mol. The van der Waals surface area contributed by atoms with E-state index >= 15 is 0 Å². The van der Waals surface area contributed by atoms with Crippen molar-refractivity contribution in [2.75, 3.05) is 0 Å². The van der Waals surface area contributed by atoms with E-state index in [4.69, 9.17) is 9.47 Å². The van der Waals surface area contributed by atoms with Crippen LogP contribution in [0.1, 0.15) is 91.4 Å². The highest BCUT2D eigenvalue weighted by Gasteiger charge is 2.13. The summed E-state index contributed by atoms with van der Waals surface area (Å²) in [4.78, 5) is 24.0. The fourth-order valence-corrected chi connectivity index (χ4v) is 3.06. The van der Waals surface area contributed by atoms with Crippen LogP contribution in [-0.2, 0) is 9.59 Å². The van der Waals surface area contributed by atoms with Crippen LogP contribution in [0.3, 0.4) is 0 Å². The Hall–Kier alpha value is -1.84. The molecule has 0 aliphatic heterocycles. The summed E-state index contributed by atoms with van der Waals surface area (Å²) < 4.78 is 10.8. The quantitative estimate of drug-likeness (QED) is 0.212. The van der Waals surface area contributed by atoms with Crippen molar-refractivity contribution in [3.8, 4) is 11.5 Å². The van der Waals surface area contributed by atoms with Gasteiger partial charge in [0.2, 0.25) is 0 Å². The summed E-state index contributed by atoms with van der Waals surface area (Å²) >= 11 is 0. The Balaban J connectivity index is 2.38. The maximum Gasteiger partial charge on any atom is 0.311 e. The lowest BCUT2D eigenvalue weighted by Gasteiger charge is -2.12. The van der Waals surface area contributed by atoms with E-state index in [1.165, 1.54) is 19.3 Å². The molecule has 0 radical (unpaired) electrons. The fraction of sp³-hybridized carbons (Fsp3) is 0.652. The van der Waals surface area contributed by atoms with Crippen molar-refractivity contribution in [2.24, 2.45) is 5.92 Å². The van der Waals surface area contributed by atoms with Crippen molar-refractivity contribution in [1.82, 2.24) is 0 Å². The van der Waals surface area contributed by atoms with E-state index < -0.39 is 0 Å². The molecular formula is C23H36O4. The molecule has 27 heavy (non-hydrogen) atoms. The molecule has 1 rings (SSSR count). The molecule has 0 aromatic heterocycles. The Morgan fingerprint density at radius 1 is 0.778 bits per heavy atom. The van der Waals surface area contributed by atoms with Crippen LogP contribution in [0.5, 0.6) is 11.5 Å². The summed E-state index contributed by atoms with van der Waals surface area (Å²) in [5, 5.41) is 0. The second-order valence-corrected chi connectivity index (χ2v) is 7.13. The first-order valence-corrected chi connectivity index (χ1v) is 10.6. The molecule has 0 aliphatic carbocycles. The number of hydrogen-bond acceptors (Lipinski definition) is 4. The maximum absolute atomic E-state index is 12.1. The highest BCUT2D eigenvalue weighted by molar-refractivity contribution is 5.76. The number of carbonyl (C=O) groups excluding carboxylic acids is 2. The van der Waals surface area contributed by atoms with E-state index in [1.807, 2.05) is 0 Å². The Labute approximate surface area is 164 Å². The van der Waals surface area contributed by atoms with Gasteiger partial charge in [-0.05, 0) is 30.9 Å². The average Bonchev–Trinajstić information content (AvgIpc) is 2.66. The van der Waals surface area contributed by atoms with Crippen LogP contribution < -0.4 is 9.47 Å². The van der Waals surface area contributed by atoms with Crippen LogP contribution in [0.15, 0.2) is 24.3 Å². The van der Waals surface area contributed by atoms with Crippen LogP contribution in [0.4, 0.5) is 0 Å². The summed E-state index contributed by atoms with van der Waals surface area (Å²) in [7, 11) is 0. The van der Waals surface area contributed by atoms with Gasteiger partial charge in [-0.2, -0.15) is 0 Å². The number of rotatable bonds is 14. The van der Waals surface area contributed by atoms with Crippen molar-refractivity contribution >= 4 is 11.9 Å². The molecule has 1 aromatic rings. The first-order valence-electron chi connectivity index (χ1n) is 10.6. The van der Waals surface area contributed by atoms with Gasteiger partial charge >= 0.3 is 11.9 Å². The molecule has 0 atom stereocenters. The van der Waals surface area contributed by atoms with Gasteiger partial charge in [0.05, 0.1) is 0 Å². The van der Waals surface area contributed by atoms with Crippen LogP contribution >= 0.6 is 0 Å². The van der Waals surface area contributed by atoms with Crippen LogP contribution in [0.2, 0.25) is 0 Å². The lowest BCUT2D eigenvalue weighted by molar-refractivity contribution is -0.137. The van der Waals surface area contributed by atoms with E-state index in [9.17, 15) is 9.59 Å². The van der Waals surface area contributed by atoms with Crippen molar-refractivity contribution in [3.05, 3.63) is 24.3 Å². The summed E-state index contributed by atoms with van der Waals surface area (Å²) in [6.07, 6.45) is 10.4. The molecule has 0 amide bonds. The van der Waals surface area contributed by atoms with Crippen LogP contribution in [-0.4, -0.2) is 11.9 Å². The molecule has 0 aliphatic rings. The molecule has 0 unspecified atom stereocenters. The molecule has 1 aromatic carbocycles. The lowest BCUT2D eigenvalue weighted by atomic mass is 9.96. The number of hydrogen-bond donors (Lipinski definition) is 0. The zero-order valence-electron chi connectivity index (χ0n) is 17.3. The molecule has 0 fully saturated rings. The van der Waals surface area contributed by atoms with Crippen molar-refractivity contribution in [3.63, 3.8) is 0 Å². The number of ether oxygens (including phenoxy) is 2. The zero-order chi connectivity index (χ0) is 19.9. The topological polar surface area (TPSA) is 52.6 Å². The third-order valence-electron chi connectivity index (χ3n) is 4.93. The standard InChI is InChI=1S/C23H36O4/c1-4-7-9-17-22(24)26-20-15-12-13-16-21(20)27-23(25)18-11-8-10-14-19(5-2)6-3/h12-13,15-16,19H,4-11,14,17-18H2,1-3H3. The monoisotopic (exact) mass is 376 g/mol. The average molecular weight is 377 g/mol. The number of para-hydroxylation sites is 2. The Morgan fingerprint density at radius 2 is 1.30 bits per heavy atom. The van der Waals surface area contributed by atoms with E-state index in [0.717, 1.165) is 44.4 Å². The fourth-order valence-electron chi connectivity index (χ4n) is 3.06. The summed E-state index contributed by atoms with van der Waals surface area (Å²) in [6.45, 7) is 6.56. The second-order valence-electron chi connectivity index (χ2n) is 7.13. The minimum absolute atomic E-state index is 0.271. The highest BCUT2D eigenvalue weighted by Crippen LogP contribution is 2.27. The van der Waals surface area contributed by atoms with Gasteiger partial charge in [0.15, 0.2) is 11.5 Å². The first-order chi connectivity index (χ1) is 13.1. The van der Waals surface area contributed by atoms with E-state index in [-0.39, 0.29) is 11.9 Å². The van der Waals surface area contributed by atoms with Crippen LogP contribution in [0, 0.1) is 5.92 Å². The highest BCUT2D eigenvalue weighted by atomic mass is 16.6. The van der Waals surface area contributed by atoms with Gasteiger partial charge in [0.1, 0.15) is 0 Å². The smallest absolute Gasteiger partial charge is 0.311 e. The molecule has 0 saturated heterocycles. The second kappa shape index (κ2) is 14.2. The Kier molecular flexibility index (Phi) is 12.2. The maximum atomic E-state index is 12.1. The van der Waals surface area contributed by atoms with Crippen molar-refractivity contribution in [1.29, 1.82) is 0 Å². The molecule has 0 bridgehead atoms. The van der Waals surface area contributed by atoms with Crippen molar-refractivity contribution < 1.29 is 19.1 Å². The molecule has 0 heterocycles. The molecule has 4 nitrogen and oxygen atoms in total. The lowest BCUT2D eigenvalue weighted by Crippen LogP contribution is -2.12. The summed E-state index contributed by atoms with van der Waals surface area (Å²) in [5.41, 5.74) is 0. The van der Waals surface area contributed by atoms with E-state index in [1.54, 1.807) is 24.3 Å². The predicted molar refractivity (Wildman–Crippen MR) is 109 cm³/mol. The van der Waals surface area contributed by atoms with Gasteiger partial charge in [-0.25, -0.2) is 0 Å². The minimum atomic E-state index is -0.284. The van der Waals surface area contributed by atoms with E-state index in [0.29, 0.717) is 24.3 Å². The third kappa shape index (κ3) is 10.2. The molecule has 0 spiro atoms.